The van der Waals surface area contributed by atoms with E-state index < -0.39 is 15.5 Å². The van der Waals surface area contributed by atoms with Crippen LogP contribution in [0.25, 0.3) is 0 Å². The molecular weight excluding hydrogens is 347 g/mol. The van der Waals surface area contributed by atoms with Crippen molar-refractivity contribution in [1.29, 1.82) is 0 Å². The van der Waals surface area contributed by atoms with Crippen molar-refractivity contribution < 1.29 is 19.3 Å². The van der Waals surface area contributed by atoms with Crippen LogP contribution >= 0.6 is 53.0 Å². The van der Waals surface area contributed by atoms with Crippen LogP contribution in [-0.4, -0.2) is 14.7 Å². The Morgan fingerprint density at radius 3 is 2.28 bits per heavy atom. The normalized spacial score (nSPS) is 12.5. The van der Waals surface area contributed by atoms with Crippen LogP contribution in [0.5, 0.6) is 0 Å². The van der Waals surface area contributed by atoms with E-state index in [2.05, 4.69) is 0 Å². The molecule has 6 nitrogen and oxygen atoms in total. The van der Waals surface area contributed by atoms with Crippen molar-refractivity contribution in [2.45, 2.75) is 8.69 Å². The van der Waals surface area contributed by atoms with Gasteiger partial charge in [0.1, 0.15) is 0 Å². The maximum atomic E-state index is 10.9. The van der Waals surface area contributed by atoms with E-state index in [0.717, 1.165) is 18.2 Å². The van der Waals surface area contributed by atoms with Gasteiger partial charge in [0.05, 0.1) is 4.92 Å². The minimum atomic E-state index is -4.45. The molecule has 0 saturated carbocycles. The smallest absolute Gasteiger partial charge is 0.316 e. The Morgan fingerprint density at radius 1 is 1.33 bits per heavy atom. The fraction of sp³-hybridized carbons (Fsp3) is 0.143. The number of benzene rings is 1. The van der Waals surface area contributed by atoms with E-state index in [9.17, 15) is 14.7 Å². The summed E-state index contributed by atoms with van der Waals surface area (Å²) in [6, 6.07) is 3.15. The summed E-state index contributed by atoms with van der Waals surface area (Å²) >= 11 is 17.0. The molecule has 1 aromatic rings. The van der Waals surface area contributed by atoms with Crippen LogP contribution in [0, 0.1) is 10.1 Å². The number of halogens is 3. The van der Waals surface area contributed by atoms with Crippen molar-refractivity contribution in [3.8, 4) is 0 Å². The van der Waals surface area contributed by atoms with Gasteiger partial charge in [-0.05, 0) is 17.4 Å². The average molecular weight is 353 g/mol. The molecule has 18 heavy (non-hydrogen) atoms. The largest absolute Gasteiger partial charge is 0.388 e. The van der Waals surface area contributed by atoms with Gasteiger partial charge in [-0.15, -0.1) is 0 Å². The first-order valence-corrected chi connectivity index (χ1v) is 8.28. The van der Waals surface area contributed by atoms with Gasteiger partial charge in [0.25, 0.3) is 5.69 Å². The summed E-state index contributed by atoms with van der Waals surface area (Å²) in [6.07, 6.45) is 0. The second kappa shape index (κ2) is 5.54. The highest BCUT2D eigenvalue weighted by Crippen LogP contribution is 2.57. The van der Waals surface area contributed by atoms with Crippen molar-refractivity contribution in [3.63, 3.8) is 0 Å². The Kier molecular flexibility index (Phi) is 4.94. The molecule has 100 valence electrons. The number of hydrogen-bond donors (Lipinski definition) is 2. The third-order valence-corrected chi connectivity index (χ3v) is 4.40. The lowest BCUT2D eigenvalue weighted by molar-refractivity contribution is -0.385. The zero-order chi connectivity index (χ0) is 14.1. The van der Waals surface area contributed by atoms with Crippen LogP contribution in [0.4, 0.5) is 5.69 Å². The minimum Gasteiger partial charge on any atom is -0.316 e. The summed E-state index contributed by atoms with van der Waals surface area (Å²) in [5.41, 5.74) is -0.499. The second-order valence-electron chi connectivity index (χ2n) is 3.02. The van der Waals surface area contributed by atoms with Gasteiger partial charge in [-0.2, -0.15) is 0 Å². The number of nitro benzene ring substituents is 1. The van der Waals surface area contributed by atoms with Gasteiger partial charge in [-0.25, -0.2) is 4.57 Å². The van der Waals surface area contributed by atoms with Crippen LogP contribution in [0.3, 0.4) is 0 Å². The van der Waals surface area contributed by atoms with Gasteiger partial charge in [0.2, 0.25) is 3.79 Å². The molecule has 0 heterocycles. The quantitative estimate of drug-likeness (QED) is 0.373. The molecule has 0 bridgehead atoms. The van der Waals surface area contributed by atoms with E-state index in [0.29, 0.717) is 0 Å². The molecule has 1 aromatic carbocycles. The standard InChI is InChI=1S/C7H5Cl3NO5PS/c8-7(9,10)5-3-4(11(12)13)1-2-6(5)18-17(14,15)16/h1-3H,(H2,14,15,16). The zero-order valence-corrected chi connectivity index (χ0v) is 12.3. The first kappa shape index (κ1) is 16.0. The summed E-state index contributed by atoms with van der Waals surface area (Å²) in [4.78, 5) is 27.6. The molecule has 2 N–H and O–H groups in total. The fourth-order valence-electron chi connectivity index (χ4n) is 1.06. The first-order chi connectivity index (χ1) is 8.00. The first-order valence-electron chi connectivity index (χ1n) is 4.11. The molecule has 0 amide bonds. The highest BCUT2D eigenvalue weighted by Gasteiger charge is 2.31. The molecule has 0 atom stereocenters. The van der Waals surface area contributed by atoms with Crippen LogP contribution < -0.4 is 0 Å². The summed E-state index contributed by atoms with van der Waals surface area (Å²) in [5.74, 6) is 0. The lowest BCUT2D eigenvalue weighted by atomic mass is 10.2. The maximum Gasteiger partial charge on any atom is 0.388 e. The third-order valence-electron chi connectivity index (χ3n) is 1.70. The van der Waals surface area contributed by atoms with Gasteiger partial charge >= 0.3 is 6.80 Å². The molecule has 0 radical (unpaired) electrons. The average Bonchev–Trinajstić information content (AvgIpc) is 2.13. The molecule has 0 fully saturated rings. The topological polar surface area (TPSA) is 101 Å². The van der Waals surface area contributed by atoms with Crippen molar-refractivity contribution in [1.82, 2.24) is 0 Å². The zero-order valence-electron chi connectivity index (χ0n) is 8.29. The van der Waals surface area contributed by atoms with E-state index in [-0.39, 0.29) is 27.5 Å². The van der Waals surface area contributed by atoms with Crippen LogP contribution in [-0.2, 0) is 8.36 Å². The molecular formula is C7H5Cl3NO5PS. The second-order valence-corrected chi connectivity index (χ2v) is 8.88. The Hall–Kier alpha value is -0.0100. The van der Waals surface area contributed by atoms with Gasteiger partial charge in [-0.3, -0.25) is 10.1 Å². The lowest BCUT2D eigenvalue weighted by Gasteiger charge is -2.15. The van der Waals surface area contributed by atoms with Crippen molar-refractivity contribution in [2.75, 3.05) is 0 Å². The molecule has 0 unspecified atom stereocenters. The van der Waals surface area contributed by atoms with Gasteiger partial charge in [0, 0.05) is 22.6 Å². The van der Waals surface area contributed by atoms with Crippen LogP contribution in [0.1, 0.15) is 5.56 Å². The Balaban J connectivity index is 3.35. The summed E-state index contributed by atoms with van der Waals surface area (Å²) in [7, 11) is 0. The molecule has 11 heteroatoms. The van der Waals surface area contributed by atoms with Crippen molar-refractivity contribution >= 4 is 58.7 Å². The van der Waals surface area contributed by atoms with E-state index in [1.54, 1.807) is 0 Å². The predicted octanol–water partition coefficient (Wildman–Crippen LogP) is 3.61. The Morgan fingerprint density at radius 2 is 1.89 bits per heavy atom. The number of non-ortho nitro benzene ring substituents is 1. The molecule has 0 aliphatic rings. The van der Waals surface area contributed by atoms with Crippen molar-refractivity contribution in [2.24, 2.45) is 0 Å². The van der Waals surface area contributed by atoms with Gasteiger partial charge in [-0.1, -0.05) is 34.8 Å². The minimum absolute atomic E-state index is 0.0334. The summed E-state index contributed by atoms with van der Waals surface area (Å²) in [6.45, 7) is -4.45. The number of hydrogen-bond acceptors (Lipinski definition) is 4. The van der Waals surface area contributed by atoms with E-state index >= 15 is 0 Å². The van der Waals surface area contributed by atoms with Gasteiger partial charge in [0.15, 0.2) is 0 Å². The maximum absolute atomic E-state index is 10.9. The highest BCUT2D eigenvalue weighted by atomic mass is 35.6. The molecule has 0 spiro atoms. The van der Waals surface area contributed by atoms with Crippen LogP contribution in [0.15, 0.2) is 23.1 Å². The molecule has 0 aliphatic carbocycles. The number of nitro groups is 1. The predicted molar refractivity (Wildman–Crippen MR) is 70.2 cm³/mol. The lowest BCUT2D eigenvalue weighted by Crippen LogP contribution is -2.03. The molecule has 0 aromatic heterocycles. The monoisotopic (exact) mass is 351 g/mol. The Bertz CT molecular complexity index is 528. The van der Waals surface area contributed by atoms with Gasteiger partial charge < -0.3 is 9.79 Å². The number of nitrogens with zero attached hydrogens (tertiary/aromatic N) is 1. The van der Waals surface area contributed by atoms with E-state index in [1.165, 1.54) is 0 Å². The molecule has 0 saturated heterocycles. The van der Waals surface area contributed by atoms with Crippen LogP contribution in [0.2, 0.25) is 0 Å². The third kappa shape index (κ3) is 4.59. The molecule has 0 aliphatic heterocycles. The molecule has 1 rings (SSSR count). The fourth-order valence-corrected chi connectivity index (χ4v) is 3.64. The summed E-state index contributed by atoms with van der Waals surface area (Å²) < 4.78 is 8.87. The Labute approximate surface area is 120 Å². The van der Waals surface area contributed by atoms with Crippen molar-refractivity contribution in [3.05, 3.63) is 33.9 Å². The summed E-state index contributed by atoms with van der Waals surface area (Å²) in [5, 5.41) is 10.6. The van der Waals surface area contributed by atoms with E-state index in [4.69, 9.17) is 44.6 Å². The SMILES string of the molecule is O=[N+]([O-])c1ccc(SP(=O)(O)O)c(C(Cl)(Cl)Cl)c1. The van der Waals surface area contributed by atoms with E-state index in [1.807, 2.05) is 0 Å². The highest BCUT2D eigenvalue weighted by molar-refractivity contribution is 8.54. The number of rotatable bonds is 3. The number of alkyl halides is 3.